The lowest BCUT2D eigenvalue weighted by atomic mass is 10.3. The van der Waals surface area contributed by atoms with Crippen molar-refractivity contribution in [1.82, 2.24) is 15.3 Å². The van der Waals surface area contributed by atoms with E-state index in [1.165, 1.54) is 6.20 Å². The van der Waals surface area contributed by atoms with E-state index in [1.807, 2.05) is 0 Å². The summed E-state index contributed by atoms with van der Waals surface area (Å²) in [7, 11) is -3.35. The molecule has 0 spiro atoms. The highest BCUT2D eigenvalue weighted by Crippen LogP contribution is 2.12. The molecule has 0 aliphatic carbocycles. The summed E-state index contributed by atoms with van der Waals surface area (Å²) in [6.45, 7) is 2.66. The van der Waals surface area contributed by atoms with E-state index in [1.54, 1.807) is 13.0 Å². The normalized spacial score (nSPS) is 19.9. The lowest BCUT2D eigenvalue weighted by Gasteiger charge is -2.09. The number of hydrogen-bond acceptors (Lipinski definition) is 5. The lowest BCUT2D eigenvalue weighted by molar-refractivity contribution is 0.568. The summed E-state index contributed by atoms with van der Waals surface area (Å²) in [5.74, 6) is 0.0937. The van der Waals surface area contributed by atoms with Gasteiger partial charge in [0.1, 0.15) is 0 Å². The van der Waals surface area contributed by atoms with E-state index in [2.05, 4.69) is 15.3 Å². The van der Waals surface area contributed by atoms with Crippen molar-refractivity contribution in [2.75, 3.05) is 12.3 Å². The number of rotatable bonds is 3. The molecule has 1 aliphatic heterocycles. The van der Waals surface area contributed by atoms with Crippen LogP contribution in [0.2, 0.25) is 0 Å². The molecule has 0 aromatic carbocycles. The Balaban J connectivity index is 0.00000144. The van der Waals surface area contributed by atoms with E-state index < -0.39 is 9.84 Å². The molecule has 2 heterocycles. The number of hydrogen-bond donors (Lipinski definition) is 1. The van der Waals surface area contributed by atoms with Gasteiger partial charge in [0.05, 0.1) is 5.75 Å². The maximum absolute atomic E-state index is 12.0. The lowest BCUT2D eigenvalue weighted by Crippen LogP contribution is -2.30. The van der Waals surface area contributed by atoms with Crippen LogP contribution in [0.25, 0.3) is 0 Å². The Bertz CT molecular complexity index is 472. The quantitative estimate of drug-likeness (QED) is 0.825. The van der Waals surface area contributed by atoms with Gasteiger partial charge in [0.15, 0.2) is 0 Å². The van der Waals surface area contributed by atoms with Crippen LogP contribution in [0.4, 0.5) is 0 Å². The van der Waals surface area contributed by atoms with Gasteiger partial charge in [0.25, 0.3) is 0 Å². The number of aryl methyl sites for hydroxylation is 1. The summed E-state index contributed by atoms with van der Waals surface area (Å²) < 4.78 is 24.0. The van der Waals surface area contributed by atoms with Crippen LogP contribution in [-0.2, 0) is 9.84 Å². The average molecular weight is 278 g/mol. The smallest absolute Gasteiger partial charge is 0.247 e. The van der Waals surface area contributed by atoms with E-state index in [9.17, 15) is 8.42 Å². The van der Waals surface area contributed by atoms with E-state index in [0.29, 0.717) is 5.69 Å². The van der Waals surface area contributed by atoms with Gasteiger partial charge in [-0.2, -0.15) is 0 Å². The van der Waals surface area contributed by atoms with Gasteiger partial charge < -0.3 is 5.32 Å². The van der Waals surface area contributed by atoms with Crippen molar-refractivity contribution in [2.24, 2.45) is 0 Å². The molecular formula is C10H16ClN3O2S. The molecule has 96 valence electrons. The van der Waals surface area contributed by atoms with Gasteiger partial charge in [-0.15, -0.1) is 12.4 Å². The van der Waals surface area contributed by atoms with Gasteiger partial charge in [0.2, 0.25) is 15.0 Å². The molecule has 1 unspecified atom stereocenters. The SMILES string of the molecule is Cc1ccnc(S(=O)(=O)CC2CCCN2)n1.Cl. The molecule has 1 aromatic heterocycles. The van der Waals surface area contributed by atoms with Crippen molar-refractivity contribution in [3.05, 3.63) is 18.0 Å². The maximum Gasteiger partial charge on any atom is 0.247 e. The molecule has 1 fully saturated rings. The number of halogens is 1. The Hall–Kier alpha value is -0.720. The molecule has 1 aromatic rings. The summed E-state index contributed by atoms with van der Waals surface area (Å²) in [4.78, 5) is 7.79. The van der Waals surface area contributed by atoms with E-state index in [-0.39, 0.29) is 29.4 Å². The summed E-state index contributed by atoms with van der Waals surface area (Å²) >= 11 is 0. The van der Waals surface area contributed by atoms with Crippen molar-refractivity contribution >= 4 is 22.2 Å². The first-order valence-electron chi connectivity index (χ1n) is 5.34. The van der Waals surface area contributed by atoms with Crippen molar-refractivity contribution in [3.8, 4) is 0 Å². The highest BCUT2D eigenvalue weighted by atomic mass is 35.5. The third-order valence-electron chi connectivity index (χ3n) is 2.63. The molecule has 1 saturated heterocycles. The third kappa shape index (κ3) is 3.62. The number of sulfone groups is 1. The molecule has 0 saturated carbocycles. The largest absolute Gasteiger partial charge is 0.313 e. The van der Waals surface area contributed by atoms with Gasteiger partial charge >= 0.3 is 0 Å². The first-order valence-corrected chi connectivity index (χ1v) is 6.99. The predicted octanol–water partition coefficient (Wildman–Crippen LogP) is 0.733. The topological polar surface area (TPSA) is 72.0 Å². The molecule has 1 N–H and O–H groups in total. The van der Waals surface area contributed by atoms with Crippen LogP contribution >= 0.6 is 12.4 Å². The fraction of sp³-hybridized carbons (Fsp3) is 0.600. The van der Waals surface area contributed by atoms with E-state index in [0.717, 1.165) is 19.4 Å². The zero-order valence-electron chi connectivity index (χ0n) is 9.59. The molecular weight excluding hydrogens is 262 g/mol. The molecule has 0 amide bonds. The summed E-state index contributed by atoms with van der Waals surface area (Å²) in [6.07, 6.45) is 3.43. The first-order chi connectivity index (χ1) is 7.58. The molecule has 2 rings (SSSR count). The Morgan fingerprint density at radius 1 is 1.53 bits per heavy atom. The average Bonchev–Trinajstić information content (AvgIpc) is 2.70. The molecule has 5 nitrogen and oxygen atoms in total. The van der Waals surface area contributed by atoms with Crippen LogP contribution in [0.5, 0.6) is 0 Å². The third-order valence-corrected chi connectivity index (χ3v) is 4.23. The zero-order valence-corrected chi connectivity index (χ0v) is 11.2. The Kier molecular flexibility index (Phi) is 4.85. The van der Waals surface area contributed by atoms with Crippen molar-refractivity contribution in [3.63, 3.8) is 0 Å². The summed E-state index contributed by atoms with van der Waals surface area (Å²) in [6, 6.07) is 1.74. The Morgan fingerprint density at radius 2 is 2.29 bits per heavy atom. The zero-order chi connectivity index (χ0) is 11.6. The fourth-order valence-electron chi connectivity index (χ4n) is 1.81. The number of nitrogens with zero attached hydrogens (tertiary/aromatic N) is 2. The van der Waals surface area contributed by atoms with Crippen LogP contribution in [0.15, 0.2) is 17.4 Å². The first kappa shape index (κ1) is 14.3. The van der Waals surface area contributed by atoms with Crippen LogP contribution in [-0.4, -0.2) is 36.7 Å². The maximum atomic E-state index is 12.0. The molecule has 1 aliphatic rings. The summed E-state index contributed by atoms with van der Waals surface area (Å²) in [5.41, 5.74) is 0.674. The number of nitrogens with one attached hydrogen (secondary N) is 1. The monoisotopic (exact) mass is 277 g/mol. The second-order valence-corrected chi connectivity index (χ2v) is 5.98. The van der Waals surface area contributed by atoms with Gasteiger partial charge in [-0.1, -0.05) is 0 Å². The molecule has 7 heteroatoms. The molecule has 17 heavy (non-hydrogen) atoms. The van der Waals surface area contributed by atoms with Gasteiger partial charge in [-0.05, 0) is 32.4 Å². The number of aromatic nitrogens is 2. The van der Waals surface area contributed by atoms with E-state index >= 15 is 0 Å². The fourth-order valence-corrected chi connectivity index (χ4v) is 3.28. The van der Waals surface area contributed by atoms with Crippen molar-refractivity contribution < 1.29 is 8.42 Å². The van der Waals surface area contributed by atoms with Crippen LogP contribution in [0, 0.1) is 6.92 Å². The minimum Gasteiger partial charge on any atom is -0.313 e. The molecule has 0 radical (unpaired) electrons. The standard InChI is InChI=1S/C10H15N3O2S.ClH/c1-8-4-6-12-10(13-8)16(14,15)7-9-3-2-5-11-9;/h4,6,9,11H,2-3,5,7H2,1H3;1H. The van der Waals surface area contributed by atoms with Crippen LogP contribution in [0.1, 0.15) is 18.5 Å². The molecule has 0 bridgehead atoms. The van der Waals surface area contributed by atoms with Gasteiger partial charge in [-0.3, -0.25) is 0 Å². The molecule has 1 atom stereocenters. The highest BCUT2D eigenvalue weighted by Gasteiger charge is 2.25. The minimum absolute atomic E-state index is 0. The van der Waals surface area contributed by atoms with Gasteiger partial charge in [-0.25, -0.2) is 18.4 Å². The minimum atomic E-state index is -3.35. The van der Waals surface area contributed by atoms with Crippen molar-refractivity contribution in [1.29, 1.82) is 0 Å². The predicted molar refractivity (Wildman–Crippen MR) is 67.1 cm³/mol. The Labute approximate surface area is 107 Å². The van der Waals surface area contributed by atoms with Crippen LogP contribution in [0.3, 0.4) is 0 Å². The van der Waals surface area contributed by atoms with Gasteiger partial charge in [0, 0.05) is 17.9 Å². The van der Waals surface area contributed by atoms with Crippen LogP contribution < -0.4 is 5.32 Å². The Morgan fingerprint density at radius 3 is 2.88 bits per heavy atom. The summed E-state index contributed by atoms with van der Waals surface area (Å²) in [5, 5.41) is 3.11. The van der Waals surface area contributed by atoms with E-state index in [4.69, 9.17) is 0 Å². The van der Waals surface area contributed by atoms with Crippen molar-refractivity contribution in [2.45, 2.75) is 31.0 Å². The second kappa shape index (κ2) is 5.75. The highest BCUT2D eigenvalue weighted by molar-refractivity contribution is 7.91. The second-order valence-electron chi connectivity index (χ2n) is 4.06.